The number of rotatable bonds is 4. The molecule has 2 aromatic carbocycles. The lowest BCUT2D eigenvalue weighted by molar-refractivity contribution is -0.136. The minimum absolute atomic E-state index is 0.180. The molecule has 0 fully saturated rings. The number of anilines is 1. The van der Waals surface area contributed by atoms with E-state index in [4.69, 9.17) is 11.6 Å². The van der Waals surface area contributed by atoms with E-state index in [0.717, 1.165) is 0 Å². The van der Waals surface area contributed by atoms with Crippen LogP contribution >= 0.6 is 11.6 Å². The van der Waals surface area contributed by atoms with Gasteiger partial charge in [0, 0.05) is 6.54 Å². The molecule has 2 rings (SSSR count). The summed E-state index contributed by atoms with van der Waals surface area (Å²) in [6, 6.07) is 11.7. The van der Waals surface area contributed by atoms with E-state index in [9.17, 15) is 19.1 Å². The first-order chi connectivity index (χ1) is 11.0. The van der Waals surface area contributed by atoms with Gasteiger partial charge in [-0.1, -0.05) is 35.9 Å². The van der Waals surface area contributed by atoms with Gasteiger partial charge in [-0.05, 0) is 29.8 Å². The van der Waals surface area contributed by atoms with E-state index in [-0.39, 0.29) is 6.54 Å². The fourth-order valence-electron chi connectivity index (χ4n) is 1.81. The zero-order valence-corrected chi connectivity index (χ0v) is 12.7. The predicted octanol–water partition coefficient (Wildman–Crippen LogP) is 2.27. The van der Waals surface area contributed by atoms with Crippen LogP contribution in [0.1, 0.15) is 11.7 Å². The minimum atomic E-state index is -1.05. The lowest BCUT2D eigenvalue weighted by Gasteiger charge is -2.12. The van der Waals surface area contributed by atoms with Crippen molar-refractivity contribution in [1.82, 2.24) is 5.32 Å². The summed E-state index contributed by atoms with van der Waals surface area (Å²) in [5.74, 6) is -2.24. The number of para-hydroxylation sites is 1. The first-order valence-electron chi connectivity index (χ1n) is 6.74. The SMILES string of the molecule is O=C(NCC(O)c1ccc(F)cc1)C(=O)Nc1ccccc1Cl. The van der Waals surface area contributed by atoms with Crippen LogP contribution in [0, 0.1) is 5.82 Å². The van der Waals surface area contributed by atoms with Crippen molar-refractivity contribution in [2.45, 2.75) is 6.10 Å². The Morgan fingerprint density at radius 2 is 1.74 bits per heavy atom. The molecule has 0 aliphatic heterocycles. The third-order valence-corrected chi connectivity index (χ3v) is 3.37. The van der Waals surface area contributed by atoms with Crippen LogP contribution in [0.5, 0.6) is 0 Å². The average molecular weight is 337 g/mol. The van der Waals surface area contributed by atoms with Crippen LogP contribution in [0.15, 0.2) is 48.5 Å². The Labute approximate surface area is 137 Å². The fourth-order valence-corrected chi connectivity index (χ4v) is 2.00. The van der Waals surface area contributed by atoms with Crippen molar-refractivity contribution in [1.29, 1.82) is 0 Å². The normalized spacial score (nSPS) is 11.6. The summed E-state index contributed by atoms with van der Waals surface area (Å²) in [5.41, 5.74) is 0.742. The minimum Gasteiger partial charge on any atom is -0.387 e. The van der Waals surface area contributed by atoms with Crippen molar-refractivity contribution < 1.29 is 19.1 Å². The van der Waals surface area contributed by atoms with Gasteiger partial charge in [0.25, 0.3) is 0 Å². The molecule has 120 valence electrons. The highest BCUT2D eigenvalue weighted by Crippen LogP contribution is 2.20. The second-order valence-electron chi connectivity index (χ2n) is 4.71. The first-order valence-corrected chi connectivity index (χ1v) is 7.12. The lowest BCUT2D eigenvalue weighted by atomic mass is 10.1. The molecule has 0 spiro atoms. The molecule has 2 amide bonds. The molecule has 0 aliphatic rings. The first kappa shape index (κ1) is 16.9. The van der Waals surface area contributed by atoms with Crippen LogP contribution in [0.3, 0.4) is 0 Å². The Bertz CT molecular complexity index is 707. The smallest absolute Gasteiger partial charge is 0.313 e. The molecule has 23 heavy (non-hydrogen) atoms. The Balaban J connectivity index is 1.87. The highest BCUT2D eigenvalue weighted by molar-refractivity contribution is 6.41. The maximum atomic E-state index is 12.8. The van der Waals surface area contributed by atoms with Gasteiger partial charge in [0.2, 0.25) is 0 Å². The third-order valence-electron chi connectivity index (χ3n) is 3.04. The van der Waals surface area contributed by atoms with Crippen molar-refractivity contribution >= 4 is 29.1 Å². The summed E-state index contributed by atoms with van der Waals surface area (Å²) < 4.78 is 12.8. The zero-order chi connectivity index (χ0) is 16.8. The molecular formula is C16H14ClFN2O3. The molecule has 2 aromatic rings. The molecule has 7 heteroatoms. The molecule has 0 bridgehead atoms. The maximum Gasteiger partial charge on any atom is 0.313 e. The molecule has 5 nitrogen and oxygen atoms in total. The molecule has 0 aliphatic carbocycles. The Morgan fingerprint density at radius 3 is 2.39 bits per heavy atom. The Hall–Kier alpha value is -2.44. The van der Waals surface area contributed by atoms with E-state index in [2.05, 4.69) is 10.6 Å². The predicted molar refractivity (Wildman–Crippen MR) is 84.5 cm³/mol. The summed E-state index contributed by atoms with van der Waals surface area (Å²) >= 11 is 5.88. The second-order valence-corrected chi connectivity index (χ2v) is 5.12. The molecule has 0 saturated carbocycles. The number of aliphatic hydroxyl groups excluding tert-OH is 1. The van der Waals surface area contributed by atoms with Gasteiger partial charge < -0.3 is 15.7 Å². The van der Waals surface area contributed by atoms with Gasteiger partial charge in [-0.15, -0.1) is 0 Å². The number of hydrogen-bond donors (Lipinski definition) is 3. The van der Waals surface area contributed by atoms with Crippen molar-refractivity contribution in [2.75, 3.05) is 11.9 Å². The quantitative estimate of drug-likeness (QED) is 0.749. The highest BCUT2D eigenvalue weighted by Gasteiger charge is 2.16. The van der Waals surface area contributed by atoms with Gasteiger partial charge in [-0.3, -0.25) is 9.59 Å². The maximum absolute atomic E-state index is 12.8. The summed E-state index contributed by atoms with van der Waals surface area (Å²) in [4.78, 5) is 23.5. The van der Waals surface area contributed by atoms with E-state index in [1.807, 2.05) is 0 Å². The monoisotopic (exact) mass is 336 g/mol. The van der Waals surface area contributed by atoms with E-state index in [1.165, 1.54) is 24.3 Å². The zero-order valence-electron chi connectivity index (χ0n) is 11.9. The molecule has 0 aromatic heterocycles. The van der Waals surface area contributed by atoms with Crippen molar-refractivity contribution in [2.24, 2.45) is 0 Å². The molecule has 3 N–H and O–H groups in total. The molecule has 1 unspecified atom stereocenters. The Morgan fingerprint density at radius 1 is 1.09 bits per heavy atom. The molecule has 0 heterocycles. The average Bonchev–Trinajstić information content (AvgIpc) is 2.55. The number of amides is 2. The van der Waals surface area contributed by atoms with Gasteiger partial charge in [0.15, 0.2) is 0 Å². The van der Waals surface area contributed by atoms with E-state index in [1.54, 1.807) is 24.3 Å². The summed E-state index contributed by atoms with van der Waals surface area (Å²) in [6.45, 7) is -0.180. The van der Waals surface area contributed by atoms with Crippen LogP contribution in [0.2, 0.25) is 5.02 Å². The second kappa shape index (κ2) is 7.71. The molecule has 1 atom stereocenters. The number of halogens is 2. The van der Waals surface area contributed by atoms with Gasteiger partial charge in [0.1, 0.15) is 5.82 Å². The van der Waals surface area contributed by atoms with Gasteiger partial charge >= 0.3 is 11.8 Å². The van der Waals surface area contributed by atoms with Crippen molar-refractivity contribution in [3.8, 4) is 0 Å². The number of nitrogens with one attached hydrogen (secondary N) is 2. The highest BCUT2D eigenvalue weighted by atomic mass is 35.5. The number of carbonyl (C=O) groups excluding carboxylic acids is 2. The third kappa shape index (κ3) is 4.77. The summed E-state index contributed by atoms with van der Waals surface area (Å²) in [6.07, 6.45) is -1.05. The van der Waals surface area contributed by atoms with Gasteiger partial charge in [-0.25, -0.2) is 4.39 Å². The molecular weight excluding hydrogens is 323 g/mol. The van der Waals surface area contributed by atoms with Crippen LogP contribution in [0.4, 0.5) is 10.1 Å². The summed E-state index contributed by atoms with van der Waals surface area (Å²) in [7, 11) is 0. The topological polar surface area (TPSA) is 78.4 Å². The van der Waals surface area contributed by atoms with Gasteiger partial charge in [-0.2, -0.15) is 0 Å². The number of benzene rings is 2. The standard InChI is InChI=1S/C16H14ClFN2O3/c17-12-3-1-2-4-13(12)20-16(23)15(22)19-9-14(21)10-5-7-11(18)8-6-10/h1-8,14,21H,9H2,(H,19,22)(H,20,23). The van der Waals surface area contributed by atoms with Crippen LogP contribution in [-0.4, -0.2) is 23.5 Å². The van der Waals surface area contributed by atoms with E-state index >= 15 is 0 Å². The van der Waals surface area contributed by atoms with Gasteiger partial charge in [0.05, 0.1) is 16.8 Å². The largest absolute Gasteiger partial charge is 0.387 e. The number of aliphatic hydroxyl groups is 1. The van der Waals surface area contributed by atoms with Crippen LogP contribution in [0.25, 0.3) is 0 Å². The van der Waals surface area contributed by atoms with Crippen molar-refractivity contribution in [3.63, 3.8) is 0 Å². The Kier molecular flexibility index (Phi) is 5.67. The van der Waals surface area contributed by atoms with Crippen LogP contribution < -0.4 is 10.6 Å². The van der Waals surface area contributed by atoms with Crippen molar-refractivity contribution in [3.05, 3.63) is 64.9 Å². The molecule has 0 radical (unpaired) electrons. The van der Waals surface area contributed by atoms with E-state index in [0.29, 0.717) is 16.3 Å². The summed E-state index contributed by atoms with van der Waals surface area (Å²) in [5, 5.41) is 14.9. The fraction of sp³-hybridized carbons (Fsp3) is 0.125. The van der Waals surface area contributed by atoms with E-state index < -0.39 is 23.7 Å². The molecule has 0 saturated heterocycles. The van der Waals surface area contributed by atoms with Crippen LogP contribution in [-0.2, 0) is 9.59 Å². The lowest BCUT2D eigenvalue weighted by Crippen LogP contribution is -2.37. The number of carbonyl (C=O) groups is 2. The number of hydrogen-bond acceptors (Lipinski definition) is 3.